The van der Waals surface area contributed by atoms with Crippen molar-refractivity contribution in [2.75, 3.05) is 19.7 Å². The molecule has 1 fully saturated rings. The number of morpholine rings is 1. The van der Waals surface area contributed by atoms with E-state index in [-0.39, 0.29) is 17.2 Å². The Balaban J connectivity index is 1.69. The maximum atomic E-state index is 15.4. The topological polar surface area (TPSA) is 38.8 Å². The van der Waals surface area contributed by atoms with Crippen LogP contribution >= 0.6 is 11.6 Å². The normalized spacial score (nSPS) is 27.9. The number of ether oxygens (including phenoxy) is 2. The van der Waals surface area contributed by atoms with Crippen LogP contribution in [0, 0.1) is 5.41 Å². The fraction of sp³-hybridized carbons (Fsp3) is 0.522. The number of alkyl halides is 1. The first-order valence-corrected chi connectivity index (χ1v) is 10.3. The second-order valence-corrected chi connectivity index (χ2v) is 9.36. The molecule has 1 aromatic carbocycles. The molecule has 0 radical (unpaired) electrons. The summed E-state index contributed by atoms with van der Waals surface area (Å²) in [5.74, 6) is 0. The fourth-order valence-corrected chi connectivity index (χ4v) is 4.13. The minimum absolute atomic E-state index is 0.209. The van der Waals surface area contributed by atoms with E-state index in [4.69, 9.17) is 21.1 Å². The Morgan fingerprint density at radius 2 is 2.03 bits per heavy atom. The van der Waals surface area contributed by atoms with Crippen molar-refractivity contribution in [1.29, 1.82) is 0 Å². The molecule has 1 amide bonds. The maximum absolute atomic E-state index is 15.4. The van der Waals surface area contributed by atoms with E-state index >= 15 is 4.39 Å². The predicted octanol–water partition coefficient (Wildman–Crippen LogP) is 5.58. The van der Waals surface area contributed by atoms with Gasteiger partial charge < -0.3 is 14.4 Å². The molecule has 1 aliphatic carbocycles. The van der Waals surface area contributed by atoms with Crippen molar-refractivity contribution >= 4 is 23.3 Å². The molecule has 6 heteroatoms. The number of carbonyl (C=O) groups is 1. The van der Waals surface area contributed by atoms with Crippen LogP contribution in [0.1, 0.15) is 39.7 Å². The molecule has 158 valence electrons. The molecule has 2 aliphatic rings. The lowest BCUT2D eigenvalue weighted by Gasteiger charge is -2.40. The lowest BCUT2D eigenvalue weighted by atomic mass is 9.75. The van der Waals surface area contributed by atoms with E-state index in [0.29, 0.717) is 31.7 Å². The predicted molar refractivity (Wildman–Crippen MR) is 114 cm³/mol. The molecule has 0 N–H and O–H groups in total. The monoisotopic (exact) mass is 421 g/mol. The van der Waals surface area contributed by atoms with Crippen molar-refractivity contribution in [2.45, 2.75) is 52.0 Å². The average Bonchev–Trinajstić information content (AvgIpc) is 2.66. The van der Waals surface area contributed by atoms with Gasteiger partial charge in [-0.15, -0.1) is 0 Å². The molecule has 0 bridgehead atoms. The SMILES string of the molecule is CC(C)(C)OC(=O)N1CCO[C@H](CC2(C)C=CC(c3ccccc3)=C(Cl)C2F)C1. The lowest BCUT2D eigenvalue weighted by molar-refractivity contribution is -0.0574. The molecule has 0 spiro atoms. The van der Waals surface area contributed by atoms with E-state index in [1.54, 1.807) is 4.90 Å². The molecule has 3 atom stereocenters. The van der Waals surface area contributed by atoms with Gasteiger partial charge in [0.15, 0.2) is 0 Å². The highest BCUT2D eigenvalue weighted by molar-refractivity contribution is 6.34. The van der Waals surface area contributed by atoms with Gasteiger partial charge in [-0.3, -0.25) is 0 Å². The van der Waals surface area contributed by atoms with Crippen LogP contribution in [0.4, 0.5) is 9.18 Å². The minimum Gasteiger partial charge on any atom is -0.444 e. The number of amides is 1. The second kappa shape index (κ2) is 8.49. The van der Waals surface area contributed by atoms with Gasteiger partial charge in [-0.25, -0.2) is 9.18 Å². The molecule has 2 unspecified atom stereocenters. The summed E-state index contributed by atoms with van der Waals surface area (Å²) >= 11 is 6.45. The van der Waals surface area contributed by atoms with Crippen LogP contribution in [0.15, 0.2) is 47.5 Å². The van der Waals surface area contributed by atoms with E-state index in [2.05, 4.69) is 0 Å². The van der Waals surface area contributed by atoms with Gasteiger partial charge in [0.1, 0.15) is 11.8 Å². The number of carbonyl (C=O) groups excluding carboxylic acids is 1. The van der Waals surface area contributed by atoms with E-state index in [9.17, 15) is 4.79 Å². The van der Waals surface area contributed by atoms with Crippen LogP contribution in [-0.4, -0.2) is 48.6 Å². The molecule has 0 aromatic heterocycles. The summed E-state index contributed by atoms with van der Waals surface area (Å²) in [6.07, 6.45) is 2.19. The van der Waals surface area contributed by atoms with Gasteiger partial charge in [-0.05, 0) is 38.3 Å². The van der Waals surface area contributed by atoms with E-state index in [1.807, 2.05) is 70.2 Å². The van der Waals surface area contributed by atoms with Gasteiger partial charge >= 0.3 is 6.09 Å². The van der Waals surface area contributed by atoms with E-state index in [0.717, 1.165) is 5.56 Å². The van der Waals surface area contributed by atoms with Gasteiger partial charge in [-0.2, -0.15) is 0 Å². The van der Waals surface area contributed by atoms with E-state index < -0.39 is 17.2 Å². The number of hydrogen-bond acceptors (Lipinski definition) is 3. The smallest absolute Gasteiger partial charge is 0.410 e. The number of halogens is 2. The van der Waals surface area contributed by atoms with Crippen molar-refractivity contribution in [2.24, 2.45) is 5.41 Å². The Kier molecular flexibility index (Phi) is 6.39. The molecule has 29 heavy (non-hydrogen) atoms. The largest absolute Gasteiger partial charge is 0.444 e. The highest BCUT2D eigenvalue weighted by Gasteiger charge is 2.41. The Bertz CT molecular complexity index is 802. The molecule has 1 aliphatic heterocycles. The summed E-state index contributed by atoms with van der Waals surface area (Å²) in [7, 11) is 0. The standard InChI is InChI=1S/C23H29ClFNO3/c1-22(2,3)29-21(27)26-12-13-28-17(15-26)14-23(4)11-10-18(19(24)20(23)25)16-8-6-5-7-9-16/h5-11,17,20H,12-15H2,1-4H3/t17-,20?,23?/m1/s1. The van der Waals surface area contributed by atoms with Crippen molar-refractivity contribution in [3.05, 3.63) is 53.1 Å². The van der Waals surface area contributed by atoms with Crippen molar-refractivity contribution in [3.63, 3.8) is 0 Å². The molecule has 4 nitrogen and oxygen atoms in total. The first-order valence-electron chi connectivity index (χ1n) is 9.97. The fourth-order valence-electron chi connectivity index (χ4n) is 3.71. The van der Waals surface area contributed by atoms with Crippen LogP contribution < -0.4 is 0 Å². The second-order valence-electron chi connectivity index (χ2n) is 8.95. The highest BCUT2D eigenvalue weighted by Crippen LogP contribution is 2.45. The zero-order valence-electron chi connectivity index (χ0n) is 17.5. The number of benzene rings is 1. The zero-order valence-corrected chi connectivity index (χ0v) is 18.2. The molecule has 0 saturated carbocycles. The average molecular weight is 422 g/mol. The third-order valence-electron chi connectivity index (χ3n) is 5.23. The van der Waals surface area contributed by atoms with Gasteiger partial charge in [0.05, 0.1) is 24.3 Å². The Labute approximate surface area is 177 Å². The number of rotatable bonds is 3. The highest BCUT2D eigenvalue weighted by atomic mass is 35.5. The number of nitrogens with zero attached hydrogens (tertiary/aromatic N) is 1. The zero-order chi connectivity index (χ0) is 21.2. The van der Waals surface area contributed by atoms with Crippen LogP contribution in [0.2, 0.25) is 0 Å². The first-order chi connectivity index (χ1) is 13.6. The van der Waals surface area contributed by atoms with Crippen LogP contribution in [-0.2, 0) is 9.47 Å². The third-order valence-corrected chi connectivity index (χ3v) is 5.63. The summed E-state index contributed by atoms with van der Waals surface area (Å²) in [5.41, 5.74) is 0.233. The summed E-state index contributed by atoms with van der Waals surface area (Å²) in [5, 5.41) is 0.209. The summed E-state index contributed by atoms with van der Waals surface area (Å²) in [4.78, 5) is 14.0. The van der Waals surface area contributed by atoms with Gasteiger partial charge in [0.25, 0.3) is 0 Å². The molecule has 3 rings (SSSR count). The first kappa shape index (κ1) is 21.8. The van der Waals surface area contributed by atoms with Crippen LogP contribution in [0.3, 0.4) is 0 Å². The minimum atomic E-state index is -1.34. The Morgan fingerprint density at radius 1 is 1.34 bits per heavy atom. The molecular formula is C23H29ClFNO3. The summed E-state index contributed by atoms with van der Waals surface area (Å²) < 4.78 is 26.7. The quantitative estimate of drug-likeness (QED) is 0.639. The summed E-state index contributed by atoms with van der Waals surface area (Å²) in [6.45, 7) is 8.59. The molecular weight excluding hydrogens is 393 g/mol. The lowest BCUT2D eigenvalue weighted by Crippen LogP contribution is -2.49. The van der Waals surface area contributed by atoms with Crippen molar-refractivity contribution in [3.8, 4) is 0 Å². The number of allylic oxidation sites excluding steroid dienone is 4. The Hall–Kier alpha value is -1.85. The van der Waals surface area contributed by atoms with Crippen LogP contribution in [0.5, 0.6) is 0 Å². The van der Waals surface area contributed by atoms with Crippen LogP contribution in [0.25, 0.3) is 5.57 Å². The van der Waals surface area contributed by atoms with Gasteiger partial charge in [0.2, 0.25) is 0 Å². The Morgan fingerprint density at radius 3 is 2.69 bits per heavy atom. The van der Waals surface area contributed by atoms with E-state index in [1.165, 1.54) is 0 Å². The number of hydrogen-bond donors (Lipinski definition) is 0. The third kappa shape index (κ3) is 5.20. The molecule has 1 heterocycles. The molecule has 1 aromatic rings. The molecule has 1 saturated heterocycles. The van der Waals surface area contributed by atoms with Crippen molar-refractivity contribution < 1.29 is 18.7 Å². The summed E-state index contributed by atoms with van der Waals surface area (Å²) in [6, 6.07) is 9.56. The van der Waals surface area contributed by atoms with Gasteiger partial charge in [0, 0.05) is 12.0 Å². The van der Waals surface area contributed by atoms with Crippen molar-refractivity contribution in [1.82, 2.24) is 4.90 Å². The maximum Gasteiger partial charge on any atom is 0.410 e. The van der Waals surface area contributed by atoms with Gasteiger partial charge in [-0.1, -0.05) is 61.0 Å².